The van der Waals surface area contributed by atoms with E-state index >= 15 is 0 Å². The summed E-state index contributed by atoms with van der Waals surface area (Å²) in [6, 6.07) is -0.227. The molecular weight excluding hydrogens is 194 g/mol. The molecular formula is C11H19NO3. The molecule has 0 aromatic rings. The SMILES string of the molecule is C=CC[C@H](CC=O)NC(=O)OC(C)(C)C. The molecule has 4 heteroatoms. The average molecular weight is 213 g/mol. The number of aldehydes is 1. The highest BCUT2D eigenvalue weighted by molar-refractivity contribution is 5.68. The van der Waals surface area contributed by atoms with E-state index in [1.165, 1.54) is 0 Å². The summed E-state index contributed by atoms with van der Waals surface area (Å²) < 4.78 is 5.06. The highest BCUT2D eigenvalue weighted by Crippen LogP contribution is 2.07. The molecule has 0 aliphatic carbocycles. The van der Waals surface area contributed by atoms with Gasteiger partial charge in [0, 0.05) is 12.5 Å². The minimum absolute atomic E-state index is 0.227. The first kappa shape index (κ1) is 13.7. The largest absolute Gasteiger partial charge is 0.444 e. The van der Waals surface area contributed by atoms with Crippen molar-refractivity contribution in [2.45, 2.75) is 45.3 Å². The number of ether oxygens (including phenoxy) is 1. The van der Waals surface area contributed by atoms with Crippen LogP contribution in [0.3, 0.4) is 0 Å². The number of alkyl carbamates (subject to hydrolysis) is 1. The fourth-order valence-corrected chi connectivity index (χ4v) is 1.01. The van der Waals surface area contributed by atoms with Gasteiger partial charge in [-0.2, -0.15) is 0 Å². The van der Waals surface area contributed by atoms with Crippen LogP contribution in [0.1, 0.15) is 33.6 Å². The van der Waals surface area contributed by atoms with Crippen LogP contribution >= 0.6 is 0 Å². The van der Waals surface area contributed by atoms with Gasteiger partial charge in [-0.15, -0.1) is 6.58 Å². The Balaban J connectivity index is 4.10. The smallest absolute Gasteiger partial charge is 0.407 e. The predicted octanol–water partition coefficient (Wildman–Crippen LogP) is 2.04. The van der Waals surface area contributed by atoms with Gasteiger partial charge in [0.2, 0.25) is 0 Å². The van der Waals surface area contributed by atoms with Crippen LogP contribution in [0.5, 0.6) is 0 Å². The Labute approximate surface area is 90.7 Å². The van der Waals surface area contributed by atoms with Gasteiger partial charge in [-0.25, -0.2) is 4.79 Å². The van der Waals surface area contributed by atoms with Crippen molar-refractivity contribution in [1.82, 2.24) is 5.32 Å². The van der Waals surface area contributed by atoms with Crippen LogP contribution in [0.25, 0.3) is 0 Å². The molecule has 0 radical (unpaired) electrons. The van der Waals surface area contributed by atoms with Crippen LogP contribution in [-0.4, -0.2) is 24.0 Å². The van der Waals surface area contributed by atoms with E-state index in [0.717, 1.165) is 6.29 Å². The molecule has 0 aromatic heterocycles. The maximum Gasteiger partial charge on any atom is 0.407 e. The van der Waals surface area contributed by atoms with Gasteiger partial charge in [-0.3, -0.25) is 0 Å². The zero-order valence-electron chi connectivity index (χ0n) is 9.58. The van der Waals surface area contributed by atoms with Gasteiger partial charge >= 0.3 is 6.09 Å². The number of nitrogens with one attached hydrogen (secondary N) is 1. The van der Waals surface area contributed by atoms with E-state index in [1.54, 1.807) is 26.8 Å². The Morgan fingerprint density at radius 3 is 2.47 bits per heavy atom. The second kappa shape index (κ2) is 6.22. The zero-order valence-corrected chi connectivity index (χ0v) is 9.58. The molecule has 0 bridgehead atoms. The topological polar surface area (TPSA) is 55.4 Å². The van der Waals surface area contributed by atoms with E-state index in [4.69, 9.17) is 4.74 Å². The van der Waals surface area contributed by atoms with Crippen molar-refractivity contribution in [3.63, 3.8) is 0 Å². The average Bonchev–Trinajstić information content (AvgIpc) is 2.00. The van der Waals surface area contributed by atoms with E-state index in [0.29, 0.717) is 6.42 Å². The number of hydrogen-bond donors (Lipinski definition) is 1. The van der Waals surface area contributed by atoms with Crippen molar-refractivity contribution in [2.24, 2.45) is 0 Å². The lowest BCUT2D eigenvalue weighted by Gasteiger charge is -2.22. The highest BCUT2D eigenvalue weighted by Gasteiger charge is 2.18. The lowest BCUT2D eigenvalue weighted by atomic mass is 10.1. The first-order valence-corrected chi connectivity index (χ1v) is 4.93. The third-order valence-corrected chi connectivity index (χ3v) is 1.55. The fourth-order valence-electron chi connectivity index (χ4n) is 1.01. The molecule has 0 aromatic carbocycles. The molecule has 0 unspecified atom stereocenters. The molecule has 0 rings (SSSR count). The second-order valence-electron chi connectivity index (χ2n) is 4.27. The van der Waals surface area contributed by atoms with Crippen molar-refractivity contribution in [2.75, 3.05) is 0 Å². The second-order valence-corrected chi connectivity index (χ2v) is 4.27. The van der Waals surface area contributed by atoms with E-state index in [1.807, 2.05) is 0 Å². The van der Waals surface area contributed by atoms with E-state index < -0.39 is 11.7 Å². The summed E-state index contributed by atoms with van der Waals surface area (Å²) in [6.45, 7) is 8.92. The van der Waals surface area contributed by atoms with Crippen molar-refractivity contribution in [1.29, 1.82) is 0 Å². The molecule has 0 saturated heterocycles. The molecule has 1 N–H and O–H groups in total. The van der Waals surface area contributed by atoms with E-state index in [9.17, 15) is 9.59 Å². The van der Waals surface area contributed by atoms with Gasteiger partial charge in [0.15, 0.2) is 0 Å². The molecule has 15 heavy (non-hydrogen) atoms. The summed E-state index contributed by atoms with van der Waals surface area (Å²) >= 11 is 0. The zero-order chi connectivity index (χ0) is 11.9. The number of carbonyl (C=O) groups excluding carboxylic acids is 2. The molecule has 0 spiro atoms. The Kier molecular flexibility index (Phi) is 5.67. The highest BCUT2D eigenvalue weighted by atomic mass is 16.6. The van der Waals surface area contributed by atoms with E-state index in [-0.39, 0.29) is 12.5 Å². The third kappa shape index (κ3) is 7.73. The van der Waals surface area contributed by atoms with Crippen LogP contribution in [0.2, 0.25) is 0 Å². The lowest BCUT2D eigenvalue weighted by Crippen LogP contribution is -2.39. The molecule has 0 aliphatic heterocycles. The molecule has 1 amide bonds. The quantitative estimate of drug-likeness (QED) is 0.561. The Bertz CT molecular complexity index is 220. The van der Waals surface area contributed by atoms with E-state index in [2.05, 4.69) is 11.9 Å². The minimum Gasteiger partial charge on any atom is -0.444 e. The van der Waals surface area contributed by atoms with Crippen LogP contribution in [0.4, 0.5) is 4.79 Å². The van der Waals surface area contributed by atoms with Crippen LogP contribution in [0, 0.1) is 0 Å². The summed E-state index contributed by atoms with van der Waals surface area (Å²) in [7, 11) is 0. The van der Waals surface area contributed by atoms with Crippen molar-refractivity contribution in [3.8, 4) is 0 Å². The molecule has 0 aliphatic rings. The standard InChI is InChI=1S/C11H19NO3/c1-5-6-9(7-8-13)12-10(14)15-11(2,3)4/h5,8-9H,1,6-7H2,2-4H3,(H,12,14)/t9-/m1/s1. The van der Waals surface area contributed by atoms with Crippen molar-refractivity contribution < 1.29 is 14.3 Å². The lowest BCUT2D eigenvalue weighted by molar-refractivity contribution is -0.108. The van der Waals surface area contributed by atoms with Crippen LogP contribution in [-0.2, 0) is 9.53 Å². The Morgan fingerprint density at radius 2 is 2.07 bits per heavy atom. The Hall–Kier alpha value is -1.32. The van der Waals surface area contributed by atoms with Gasteiger partial charge in [0.1, 0.15) is 11.9 Å². The molecule has 86 valence electrons. The monoisotopic (exact) mass is 213 g/mol. The molecule has 4 nitrogen and oxygen atoms in total. The first-order chi connectivity index (χ1) is 6.89. The summed E-state index contributed by atoms with van der Waals surface area (Å²) in [6.07, 6.45) is 2.75. The third-order valence-electron chi connectivity index (χ3n) is 1.55. The predicted molar refractivity (Wildman–Crippen MR) is 58.7 cm³/mol. The van der Waals surface area contributed by atoms with Gasteiger partial charge < -0.3 is 14.8 Å². The van der Waals surface area contributed by atoms with Crippen molar-refractivity contribution in [3.05, 3.63) is 12.7 Å². The normalized spacial score (nSPS) is 12.7. The molecule has 0 fully saturated rings. The number of hydrogen-bond acceptors (Lipinski definition) is 3. The summed E-state index contributed by atoms with van der Waals surface area (Å²) in [5.41, 5.74) is -0.524. The maximum absolute atomic E-state index is 11.3. The maximum atomic E-state index is 11.3. The Morgan fingerprint density at radius 1 is 1.47 bits per heavy atom. The summed E-state index contributed by atoms with van der Waals surface area (Å²) in [5.74, 6) is 0. The van der Waals surface area contributed by atoms with Gasteiger partial charge in [-0.1, -0.05) is 6.08 Å². The molecule has 0 heterocycles. The number of carbonyl (C=O) groups is 2. The number of rotatable bonds is 5. The van der Waals surface area contributed by atoms with Gasteiger partial charge in [0.25, 0.3) is 0 Å². The van der Waals surface area contributed by atoms with Gasteiger partial charge in [-0.05, 0) is 27.2 Å². The molecule has 0 saturated carbocycles. The number of amides is 1. The minimum atomic E-state index is -0.524. The first-order valence-electron chi connectivity index (χ1n) is 4.93. The van der Waals surface area contributed by atoms with Crippen molar-refractivity contribution >= 4 is 12.4 Å². The van der Waals surface area contributed by atoms with Crippen LogP contribution < -0.4 is 5.32 Å². The van der Waals surface area contributed by atoms with Crippen LogP contribution in [0.15, 0.2) is 12.7 Å². The molecule has 1 atom stereocenters. The summed E-state index contributed by atoms with van der Waals surface area (Å²) in [5, 5.41) is 2.61. The fraction of sp³-hybridized carbons (Fsp3) is 0.636. The summed E-state index contributed by atoms with van der Waals surface area (Å²) in [4.78, 5) is 21.7. The van der Waals surface area contributed by atoms with Gasteiger partial charge in [0.05, 0.1) is 0 Å².